The molecule has 2 rings (SSSR count). The van der Waals surface area contributed by atoms with Gasteiger partial charge in [0, 0.05) is 30.7 Å². The molecule has 1 aliphatic rings. The van der Waals surface area contributed by atoms with Crippen molar-refractivity contribution < 1.29 is 13.2 Å². The summed E-state index contributed by atoms with van der Waals surface area (Å²) in [7, 11) is -3.19. The van der Waals surface area contributed by atoms with Crippen LogP contribution in [-0.4, -0.2) is 56.0 Å². The number of rotatable bonds is 2. The van der Waals surface area contributed by atoms with Gasteiger partial charge in [-0.05, 0) is 18.2 Å². The third-order valence-electron chi connectivity index (χ3n) is 3.16. The molecule has 0 radical (unpaired) electrons. The summed E-state index contributed by atoms with van der Waals surface area (Å²) in [4.78, 5) is 14.0. The summed E-state index contributed by atoms with van der Waals surface area (Å²) in [6.07, 6.45) is 1.18. The van der Waals surface area contributed by atoms with Crippen molar-refractivity contribution in [3.63, 3.8) is 0 Å². The first-order chi connectivity index (χ1) is 9.29. The van der Waals surface area contributed by atoms with Gasteiger partial charge in [-0.25, -0.2) is 8.42 Å². The van der Waals surface area contributed by atoms with Gasteiger partial charge < -0.3 is 4.90 Å². The molecule has 20 heavy (non-hydrogen) atoms. The van der Waals surface area contributed by atoms with Gasteiger partial charge in [-0.1, -0.05) is 27.5 Å². The fraction of sp³-hybridized carbons (Fsp3) is 0.417. The molecule has 0 unspecified atom stereocenters. The molecule has 1 aromatic rings. The number of sulfonamides is 1. The number of hydrogen-bond acceptors (Lipinski definition) is 3. The molecule has 110 valence electrons. The number of amides is 1. The van der Waals surface area contributed by atoms with Crippen molar-refractivity contribution in [1.82, 2.24) is 9.21 Å². The molecule has 0 aliphatic carbocycles. The molecule has 1 heterocycles. The lowest BCUT2D eigenvalue weighted by atomic mass is 10.2. The maximum Gasteiger partial charge on any atom is 0.255 e. The van der Waals surface area contributed by atoms with Gasteiger partial charge in [0.15, 0.2) is 0 Å². The van der Waals surface area contributed by atoms with Gasteiger partial charge in [0.1, 0.15) is 0 Å². The quantitative estimate of drug-likeness (QED) is 0.785. The van der Waals surface area contributed by atoms with Crippen LogP contribution in [0.5, 0.6) is 0 Å². The van der Waals surface area contributed by atoms with Crippen molar-refractivity contribution in [2.75, 3.05) is 32.4 Å². The van der Waals surface area contributed by atoms with E-state index in [4.69, 9.17) is 11.6 Å². The highest BCUT2D eigenvalue weighted by atomic mass is 79.9. The summed E-state index contributed by atoms with van der Waals surface area (Å²) < 4.78 is 25.0. The molecular formula is C12H14BrClN2O3S. The molecule has 0 bridgehead atoms. The van der Waals surface area contributed by atoms with Crippen LogP contribution in [0.2, 0.25) is 5.02 Å². The van der Waals surface area contributed by atoms with Crippen molar-refractivity contribution in [3.8, 4) is 0 Å². The lowest BCUT2D eigenvalue weighted by Crippen LogP contribution is -2.50. The van der Waals surface area contributed by atoms with Gasteiger partial charge in [-0.3, -0.25) is 4.79 Å². The van der Waals surface area contributed by atoms with Crippen LogP contribution in [0.25, 0.3) is 0 Å². The van der Waals surface area contributed by atoms with Crippen molar-refractivity contribution >= 4 is 43.5 Å². The normalized spacial score (nSPS) is 17.2. The third kappa shape index (κ3) is 3.52. The van der Waals surface area contributed by atoms with Crippen LogP contribution in [-0.2, 0) is 10.0 Å². The first-order valence-electron chi connectivity index (χ1n) is 5.98. The molecule has 0 aromatic heterocycles. The zero-order chi connectivity index (χ0) is 14.9. The molecule has 0 saturated carbocycles. The van der Waals surface area contributed by atoms with E-state index in [1.54, 1.807) is 23.1 Å². The van der Waals surface area contributed by atoms with E-state index in [0.717, 1.165) is 4.47 Å². The summed E-state index contributed by atoms with van der Waals surface area (Å²) in [5.74, 6) is -0.171. The molecule has 0 N–H and O–H groups in total. The lowest BCUT2D eigenvalue weighted by molar-refractivity contribution is 0.0698. The molecule has 0 atom stereocenters. The highest BCUT2D eigenvalue weighted by molar-refractivity contribution is 9.10. The molecule has 8 heteroatoms. The van der Waals surface area contributed by atoms with E-state index in [9.17, 15) is 13.2 Å². The van der Waals surface area contributed by atoms with E-state index >= 15 is 0 Å². The maximum atomic E-state index is 12.3. The standard InChI is InChI=1S/C12H14BrClN2O3S/c1-20(18,19)16-6-4-15(5-7-16)12(17)10-3-2-9(13)8-11(10)14/h2-3,8H,4-7H2,1H3. The lowest BCUT2D eigenvalue weighted by Gasteiger charge is -2.33. The fourth-order valence-electron chi connectivity index (χ4n) is 2.06. The Balaban J connectivity index is 2.09. The number of nitrogens with zero attached hydrogens (tertiary/aromatic N) is 2. The fourth-order valence-corrected chi connectivity index (χ4v) is 3.64. The Morgan fingerprint density at radius 1 is 1.25 bits per heavy atom. The second kappa shape index (κ2) is 6.01. The summed E-state index contributed by atoms with van der Waals surface area (Å²) >= 11 is 9.35. The molecule has 0 spiro atoms. The molecular weight excluding hydrogens is 368 g/mol. The average Bonchev–Trinajstić information content (AvgIpc) is 2.37. The molecule has 1 aliphatic heterocycles. The first-order valence-corrected chi connectivity index (χ1v) is 9.00. The predicted octanol–water partition coefficient (Wildman–Crippen LogP) is 1.82. The molecule has 1 amide bonds. The largest absolute Gasteiger partial charge is 0.336 e. The Bertz CT molecular complexity index is 628. The van der Waals surface area contributed by atoms with Gasteiger partial charge >= 0.3 is 0 Å². The van der Waals surface area contributed by atoms with Crippen molar-refractivity contribution in [2.45, 2.75) is 0 Å². The summed E-state index contributed by atoms with van der Waals surface area (Å²) in [6, 6.07) is 5.09. The summed E-state index contributed by atoms with van der Waals surface area (Å²) in [6.45, 7) is 1.38. The van der Waals surface area contributed by atoms with E-state index in [-0.39, 0.29) is 5.91 Å². The SMILES string of the molecule is CS(=O)(=O)N1CCN(C(=O)c2ccc(Br)cc2Cl)CC1. The van der Waals surface area contributed by atoms with E-state index in [0.29, 0.717) is 36.8 Å². The van der Waals surface area contributed by atoms with Crippen LogP contribution in [0.3, 0.4) is 0 Å². The van der Waals surface area contributed by atoms with Crippen molar-refractivity contribution in [1.29, 1.82) is 0 Å². The van der Waals surface area contributed by atoms with Gasteiger partial charge in [-0.15, -0.1) is 0 Å². The Morgan fingerprint density at radius 3 is 2.35 bits per heavy atom. The minimum atomic E-state index is -3.19. The van der Waals surface area contributed by atoms with Crippen LogP contribution in [0, 0.1) is 0 Å². The van der Waals surface area contributed by atoms with Crippen molar-refractivity contribution in [3.05, 3.63) is 33.3 Å². The minimum Gasteiger partial charge on any atom is -0.336 e. The minimum absolute atomic E-state index is 0.171. The Hall–Kier alpha value is -0.630. The zero-order valence-corrected chi connectivity index (χ0v) is 14.0. The summed E-state index contributed by atoms with van der Waals surface area (Å²) in [5, 5.41) is 0.384. The summed E-state index contributed by atoms with van der Waals surface area (Å²) in [5.41, 5.74) is 0.433. The van der Waals surface area contributed by atoms with E-state index in [1.165, 1.54) is 10.6 Å². The van der Waals surface area contributed by atoms with Crippen LogP contribution < -0.4 is 0 Å². The number of hydrogen-bond donors (Lipinski definition) is 0. The van der Waals surface area contributed by atoms with Gasteiger partial charge in [0.25, 0.3) is 5.91 Å². The predicted molar refractivity (Wildman–Crippen MR) is 81.5 cm³/mol. The maximum absolute atomic E-state index is 12.3. The van der Waals surface area contributed by atoms with Crippen LogP contribution in [0.1, 0.15) is 10.4 Å². The van der Waals surface area contributed by atoms with Crippen molar-refractivity contribution in [2.24, 2.45) is 0 Å². The number of benzene rings is 1. The average molecular weight is 382 g/mol. The Kier molecular flexibility index (Phi) is 4.73. The van der Waals surface area contributed by atoms with Crippen LogP contribution in [0.4, 0.5) is 0 Å². The Labute approximate surface area is 131 Å². The monoisotopic (exact) mass is 380 g/mol. The van der Waals surface area contributed by atoms with E-state index in [1.807, 2.05) is 0 Å². The van der Waals surface area contributed by atoms with Crippen LogP contribution in [0.15, 0.2) is 22.7 Å². The number of piperazine rings is 1. The third-order valence-corrected chi connectivity index (χ3v) is 5.27. The number of carbonyl (C=O) groups is 1. The van der Waals surface area contributed by atoms with Gasteiger partial charge in [0.2, 0.25) is 10.0 Å². The second-order valence-electron chi connectivity index (χ2n) is 4.58. The van der Waals surface area contributed by atoms with E-state index in [2.05, 4.69) is 15.9 Å². The number of carbonyl (C=O) groups excluding carboxylic acids is 1. The van der Waals surface area contributed by atoms with Gasteiger partial charge in [-0.2, -0.15) is 4.31 Å². The van der Waals surface area contributed by atoms with E-state index < -0.39 is 10.0 Å². The zero-order valence-electron chi connectivity index (χ0n) is 10.8. The van der Waals surface area contributed by atoms with Crippen LogP contribution >= 0.6 is 27.5 Å². The topological polar surface area (TPSA) is 57.7 Å². The molecule has 1 fully saturated rings. The van der Waals surface area contributed by atoms with Gasteiger partial charge in [0.05, 0.1) is 16.8 Å². The highest BCUT2D eigenvalue weighted by Gasteiger charge is 2.27. The molecule has 1 aromatic carbocycles. The smallest absolute Gasteiger partial charge is 0.255 e. The highest BCUT2D eigenvalue weighted by Crippen LogP contribution is 2.23. The second-order valence-corrected chi connectivity index (χ2v) is 7.88. The first kappa shape index (κ1) is 15.8. The molecule has 1 saturated heterocycles. The molecule has 5 nitrogen and oxygen atoms in total. The number of halogens is 2. The Morgan fingerprint density at radius 2 is 1.85 bits per heavy atom.